The van der Waals surface area contributed by atoms with Crippen molar-refractivity contribution in [1.29, 1.82) is 0 Å². The highest BCUT2D eigenvalue weighted by atomic mass is 16.4. The lowest BCUT2D eigenvalue weighted by Gasteiger charge is -2.57. The highest BCUT2D eigenvalue weighted by molar-refractivity contribution is 5.81. The summed E-state index contributed by atoms with van der Waals surface area (Å²) in [5.41, 5.74) is 6.06. The second-order valence-corrected chi connectivity index (χ2v) is 11.0. The number of aliphatic carboxylic acids is 1. The van der Waals surface area contributed by atoms with Crippen LogP contribution in [0.3, 0.4) is 0 Å². The van der Waals surface area contributed by atoms with Crippen molar-refractivity contribution in [2.24, 2.45) is 40.2 Å². The van der Waals surface area contributed by atoms with Gasteiger partial charge in [0.1, 0.15) is 0 Å². The van der Waals surface area contributed by atoms with Crippen LogP contribution in [0.15, 0.2) is 12.2 Å². The zero-order valence-corrected chi connectivity index (χ0v) is 18.1. The Morgan fingerprint density at radius 3 is 2.36 bits per heavy atom. The zero-order chi connectivity index (χ0) is 20.9. The molecule has 0 spiro atoms. The van der Waals surface area contributed by atoms with E-state index < -0.39 is 5.97 Å². The molecule has 28 heavy (non-hydrogen) atoms. The Hall–Kier alpha value is -1.36. The van der Waals surface area contributed by atoms with E-state index in [-0.39, 0.29) is 34.2 Å². The summed E-state index contributed by atoms with van der Waals surface area (Å²) in [5.74, 6) is 0.817. The molecule has 0 aromatic rings. The average Bonchev–Trinajstić information content (AvgIpc) is 2.92. The van der Waals surface area contributed by atoms with E-state index in [0.29, 0.717) is 17.8 Å². The molecule has 0 aromatic heterocycles. The molecule has 0 bridgehead atoms. The number of carbonyl (C=O) groups excluding carboxylic acids is 1. The van der Waals surface area contributed by atoms with Gasteiger partial charge in [-0.3, -0.25) is 4.79 Å². The summed E-state index contributed by atoms with van der Waals surface area (Å²) in [4.78, 5) is 24.2. The number of carboxylic acids is 1. The molecule has 1 amide bonds. The van der Waals surface area contributed by atoms with Crippen molar-refractivity contribution in [3.05, 3.63) is 12.2 Å². The lowest BCUT2D eigenvalue weighted by atomic mass is 9.48. The zero-order valence-electron chi connectivity index (χ0n) is 18.1. The molecule has 0 unspecified atom stereocenters. The van der Waals surface area contributed by atoms with Gasteiger partial charge < -0.3 is 16.2 Å². The summed E-state index contributed by atoms with van der Waals surface area (Å²) in [7, 11) is 0. The van der Waals surface area contributed by atoms with Gasteiger partial charge in [0.2, 0.25) is 5.91 Å². The highest BCUT2D eigenvalue weighted by Crippen LogP contribution is 2.64. The summed E-state index contributed by atoms with van der Waals surface area (Å²) < 4.78 is 0. The van der Waals surface area contributed by atoms with Gasteiger partial charge in [0.25, 0.3) is 0 Å². The summed E-state index contributed by atoms with van der Waals surface area (Å²) in [5, 5.41) is 12.4. The Bertz CT molecular complexity index is 667. The Morgan fingerprint density at radius 2 is 1.75 bits per heavy atom. The van der Waals surface area contributed by atoms with Crippen molar-refractivity contribution in [3.8, 4) is 0 Å². The summed E-state index contributed by atoms with van der Waals surface area (Å²) in [6.07, 6.45) is 9.25. The fraction of sp³-hybridized carbons (Fsp3) is 0.826. The van der Waals surface area contributed by atoms with Crippen LogP contribution in [0.4, 0.5) is 0 Å². The van der Waals surface area contributed by atoms with Gasteiger partial charge in [0, 0.05) is 29.0 Å². The van der Waals surface area contributed by atoms with Gasteiger partial charge in [-0.15, -0.1) is 0 Å². The van der Waals surface area contributed by atoms with Crippen molar-refractivity contribution < 1.29 is 14.7 Å². The SMILES string of the molecule is CC(C)(C)NC(=O)[C@H]1CC[C@H]2[C@@H]3CC[C@@H](N)[C@](C)(/C=C\C(=O)O)[C@H]3CC[C@]12C. The quantitative estimate of drug-likeness (QED) is 0.640. The third-order valence-corrected chi connectivity index (χ3v) is 8.25. The van der Waals surface area contributed by atoms with Gasteiger partial charge in [-0.25, -0.2) is 4.79 Å². The third-order valence-electron chi connectivity index (χ3n) is 8.25. The molecular weight excluding hydrogens is 352 g/mol. The van der Waals surface area contributed by atoms with Gasteiger partial charge in [-0.2, -0.15) is 0 Å². The van der Waals surface area contributed by atoms with Crippen LogP contribution >= 0.6 is 0 Å². The molecule has 3 aliphatic rings. The van der Waals surface area contributed by atoms with Crippen LogP contribution in [0.25, 0.3) is 0 Å². The van der Waals surface area contributed by atoms with E-state index in [1.165, 1.54) is 6.08 Å². The van der Waals surface area contributed by atoms with Crippen LogP contribution in [0.1, 0.15) is 73.1 Å². The number of fused-ring (bicyclic) bond motifs is 3. The lowest BCUT2D eigenvalue weighted by molar-refractivity contribution is -0.134. The highest BCUT2D eigenvalue weighted by Gasteiger charge is 2.60. The van der Waals surface area contributed by atoms with Crippen molar-refractivity contribution in [3.63, 3.8) is 0 Å². The van der Waals surface area contributed by atoms with E-state index >= 15 is 0 Å². The van der Waals surface area contributed by atoms with E-state index in [1.807, 2.05) is 26.8 Å². The molecule has 0 radical (unpaired) electrons. The Kier molecular flexibility index (Phi) is 5.46. The maximum absolute atomic E-state index is 13.0. The summed E-state index contributed by atoms with van der Waals surface area (Å²) in [6, 6.07) is -0.00454. The Labute approximate surface area is 169 Å². The van der Waals surface area contributed by atoms with Gasteiger partial charge in [-0.05, 0) is 82.5 Å². The smallest absolute Gasteiger partial charge is 0.327 e. The minimum absolute atomic E-state index is 0.00454. The first-order chi connectivity index (χ1) is 12.9. The minimum atomic E-state index is -0.907. The van der Waals surface area contributed by atoms with E-state index in [4.69, 9.17) is 10.8 Å². The van der Waals surface area contributed by atoms with Gasteiger partial charge >= 0.3 is 5.97 Å². The van der Waals surface area contributed by atoms with Crippen LogP contribution in [0.2, 0.25) is 0 Å². The second kappa shape index (κ2) is 7.16. The fourth-order valence-electron chi connectivity index (χ4n) is 6.81. The van der Waals surface area contributed by atoms with E-state index in [0.717, 1.165) is 38.5 Å². The van der Waals surface area contributed by atoms with Crippen LogP contribution < -0.4 is 11.1 Å². The molecule has 3 rings (SSSR count). The second-order valence-electron chi connectivity index (χ2n) is 11.0. The first-order valence-corrected chi connectivity index (χ1v) is 10.9. The van der Waals surface area contributed by atoms with Crippen molar-refractivity contribution >= 4 is 11.9 Å². The summed E-state index contributed by atoms with van der Waals surface area (Å²) >= 11 is 0. The Morgan fingerprint density at radius 1 is 1.07 bits per heavy atom. The normalized spacial score (nSPS) is 43.4. The van der Waals surface area contributed by atoms with E-state index in [1.54, 1.807) is 0 Å². The molecule has 5 nitrogen and oxygen atoms in total. The molecule has 158 valence electrons. The summed E-state index contributed by atoms with van der Waals surface area (Å²) in [6.45, 7) is 10.6. The molecule has 7 atom stereocenters. The first-order valence-electron chi connectivity index (χ1n) is 10.9. The molecule has 4 N–H and O–H groups in total. The average molecular weight is 391 g/mol. The van der Waals surface area contributed by atoms with Gasteiger partial charge in [0.05, 0.1) is 0 Å². The molecule has 0 heterocycles. The predicted molar refractivity (Wildman–Crippen MR) is 111 cm³/mol. The maximum Gasteiger partial charge on any atom is 0.327 e. The van der Waals surface area contributed by atoms with Crippen LogP contribution in [0.5, 0.6) is 0 Å². The monoisotopic (exact) mass is 390 g/mol. The van der Waals surface area contributed by atoms with Crippen molar-refractivity contribution in [2.75, 3.05) is 0 Å². The topological polar surface area (TPSA) is 92.4 Å². The number of rotatable bonds is 3. The first kappa shape index (κ1) is 21.4. The number of hydrogen-bond acceptors (Lipinski definition) is 3. The minimum Gasteiger partial charge on any atom is -0.478 e. The molecule has 0 aromatic carbocycles. The molecule has 3 fully saturated rings. The van der Waals surface area contributed by atoms with Crippen molar-refractivity contribution in [1.82, 2.24) is 5.32 Å². The molecule has 0 saturated heterocycles. The standard InChI is InChI=1S/C23H38N2O3/c1-21(2,3)25-20(28)17-8-7-15-14-6-9-18(24)23(5,13-11-19(26)27)16(14)10-12-22(15,17)4/h11,13-18H,6-10,12,24H2,1-5H3,(H,25,28)(H,26,27)/b13-11-/t14-,15-,16-,17+,18+,22-,23+/m0/s1. The van der Waals surface area contributed by atoms with Crippen LogP contribution in [0, 0.1) is 34.5 Å². The number of hydrogen-bond donors (Lipinski definition) is 3. The molecule has 5 heteroatoms. The molecular formula is C23H38N2O3. The Balaban J connectivity index is 1.85. The molecule has 3 aliphatic carbocycles. The number of amides is 1. The lowest BCUT2D eigenvalue weighted by Crippen LogP contribution is -2.56. The molecule has 0 aliphatic heterocycles. The third kappa shape index (κ3) is 3.62. The number of nitrogens with one attached hydrogen (secondary N) is 1. The number of nitrogens with two attached hydrogens (primary N) is 1. The van der Waals surface area contributed by atoms with Crippen LogP contribution in [-0.4, -0.2) is 28.6 Å². The molecule has 3 saturated carbocycles. The van der Waals surface area contributed by atoms with Gasteiger partial charge in [-0.1, -0.05) is 19.9 Å². The number of carbonyl (C=O) groups is 2. The van der Waals surface area contributed by atoms with E-state index in [2.05, 4.69) is 19.2 Å². The predicted octanol–water partition coefficient (Wildman–Crippen LogP) is 3.73. The number of carboxylic acid groups (broad SMARTS) is 1. The van der Waals surface area contributed by atoms with Crippen LogP contribution in [-0.2, 0) is 9.59 Å². The largest absolute Gasteiger partial charge is 0.478 e. The fourth-order valence-corrected chi connectivity index (χ4v) is 6.81. The maximum atomic E-state index is 13.0. The van der Waals surface area contributed by atoms with Gasteiger partial charge in [0.15, 0.2) is 0 Å². The van der Waals surface area contributed by atoms with Crippen molar-refractivity contribution in [2.45, 2.75) is 84.7 Å². The van der Waals surface area contributed by atoms with E-state index in [9.17, 15) is 9.59 Å².